The molecule has 0 bridgehead atoms. The van der Waals surface area contributed by atoms with Gasteiger partial charge >= 0.3 is 0 Å². The minimum absolute atomic E-state index is 0.134. The second-order valence-electron chi connectivity index (χ2n) is 3.78. The molecule has 0 aliphatic carbocycles. The topological polar surface area (TPSA) is 61.0 Å². The Morgan fingerprint density at radius 3 is 2.47 bits per heavy atom. The number of nitrogen functional groups attached to an aromatic ring is 1. The van der Waals surface area contributed by atoms with E-state index in [4.69, 9.17) is 10.5 Å². The van der Waals surface area contributed by atoms with Crippen LogP contribution in [-0.4, -0.2) is 16.6 Å². The second kappa shape index (κ2) is 4.10. The molecule has 0 spiro atoms. The molecule has 84 valence electrons. The molecule has 15 heavy (non-hydrogen) atoms. The minimum Gasteiger partial charge on any atom is -0.381 e. The zero-order valence-corrected chi connectivity index (χ0v) is 9.47. The van der Waals surface area contributed by atoms with Gasteiger partial charge in [-0.2, -0.15) is 0 Å². The van der Waals surface area contributed by atoms with E-state index >= 15 is 0 Å². The lowest BCUT2D eigenvalue weighted by Crippen LogP contribution is -2.26. The highest BCUT2D eigenvalue weighted by Gasteiger charge is 2.26. The normalized spacial score (nSPS) is 11.8. The molecule has 0 amide bonds. The third kappa shape index (κ3) is 2.41. The van der Waals surface area contributed by atoms with Gasteiger partial charge in [0.05, 0.1) is 5.69 Å². The molecule has 0 saturated carbocycles. The number of halogens is 1. The third-order valence-corrected chi connectivity index (χ3v) is 2.09. The average molecular weight is 213 g/mol. The number of ether oxygens (including phenoxy) is 1. The number of hydrogen-bond donors (Lipinski definition) is 1. The highest BCUT2D eigenvalue weighted by atomic mass is 19.1. The summed E-state index contributed by atoms with van der Waals surface area (Å²) in [5.74, 6) is -0.294. The van der Waals surface area contributed by atoms with E-state index in [-0.39, 0.29) is 11.5 Å². The van der Waals surface area contributed by atoms with Gasteiger partial charge in [0.15, 0.2) is 17.5 Å². The molecule has 0 atom stereocenters. The molecule has 0 aliphatic rings. The van der Waals surface area contributed by atoms with Crippen molar-refractivity contribution < 1.29 is 9.13 Å². The summed E-state index contributed by atoms with van der Waals surface area (Å²) in [4.78, 5) is 7.92. The number of nitrogens with two attached hydrogens (primary N) is 1. The van der Waals surface area contributed by atoms with Crippen LogP contribution in [0.2, 0.25) is 0 Å². The summed E-state index contributed by atoms with van der Waals surface area (Å²) in [5, 5.41) is 0. The molecule has 0 aliphatic heterocycles. The maximum absolute atomic E-state index is 13.2. The molecular weight excluding hydrogens is 197 g/mol. The highest BCUT2D eigenvalue weighted by molar-refractivity contribution is 5.32. The summed E-state index contributed by atoms with van der Waals surface area (Å²) in [6.07, 6.45) is 0. The van der Waals surface area contributed by atoms with Crippen LogP contribution in [0.3, 0.4) is 0 Å². The molecule has 5 heteroatoms. The average Bonchev–Trinajstić information content (AvgIpc) is 2.13. The van der Waals surface area contributed by atoms with Crippen molar-refractivity contribution in [3.8, 4) is 0 Å². The number of aryl methyl sites for hydroxylation is 1. The highest BCUT2D eigenvalue weighted by Crippen LogP contribution is 2.23. The van der Waals surface area contributed by atoms with E-state index in [9.17, 15) is 4.39 Å². The zero-order valence-electron chi connectivity index (χ0n) is 9.47. The quantitative estimate of drug-likeness (QED) is 0.831. The fourth-order valence-corrected chi connectivity index (χ4v) is 1.28. The standard InChI is InChI=1S/C10H16FN3O/c1-5-15-10(3,4)9-13-6(2)7(11)8(12)14-9/h5H2,1-4H3,(H2,12,13,14). The summed E-state index contributed by atoms with van der Waals surface area (Å²) in [7, 11) is 0. The van der Waals surface area contributed by atoms with Gasteiger partial charge in [-0.1, -0.05) is 0 Å². The molecule has 0 saturated heterocycles. The van der Waals surface area contributed by atoms with Crippen molar-refractivity contribution >= 4 is 5.82 Å². The molecule has 4 nitrogen and oxygen atoms in total. The smallest absolute Gasteiger partial charge is 0.186 e. The summed E-state index contributed by atoms with van der Waals surface area (Å²) in [6, 6.07) is 0. The molecular formula is C10H16FN3O. The molecule has 0 radical (unpaired) electrons. The number of aromatic nitrogens is 2. The Morgan fingerprint density at radius 2 is 2.00 bits per heavy atom. The molecule has 0 aromatic carbocycles. The number of hydrogen-bond acceptors (Lipinski definition) is 4. The maximum atomic E-state index is 13.2. The first-order valence-electron chi connectivity index (χ1n) is 4.82. The Bertz CT molecular complexity index is 343. The summed E-state index contributed by atoms with van der Waals surface area (Å²) in [5.41, 5.74) is 5.02. The molecule has 0 fully saturated rings. The van der Waals surface area contributed by atoms with Crippen LogP contribution in [0.4, 0.5) is 10.2 Å². The van der Waals surface area contributed by atoms with E-state index in [2.05, 4.69) is 9.97 Å². The Morgan fingerprint density at radius 1 is 1.40 bits per heavy atom. The van der Waals surface area contributed by atoms with Crippen molar-refractivity contribution in [3.05, 3.63) is 17.3 Å². The van der Waals surface area contributed by atoms with E-state index in [0.717, 1.165) is 0 Å². The Balaban J connectivity index is 3.16. The van der Waals surface area contributed by atoms with Gasteiger partial charge in [0.2, 0.25) is 0 Å². The van der Waals surface area contributed by atoms with Crippen molar-refractivity contribution in [2.75, 3.05) is 12.3 Å². The molecule has 0 unspecified atom stereocenters. The van der Waals surface area contributed by atoms with Crippen LogP contribution in [0.15, 0.2) is 0 Å². The van der Waals surface area contributed by atoms with E-state index in [1.807, 2.05) is 20.8 Å². The second-order valence-corrected chi connectivity index (χ2v) is 3.78. The third-order valence-electron chi connectivity index (χ3n) is 2.09. The van der Waals surface area contributed by atoms with Crippen LogP contribution in [0.1, 0.15) is 32.3 Å². The predicted molar refractivity (Wildman–Crippen MR) is 55.8 cm³/mol. The van der Waals surface area contributed by atoms with Crippen molar-refractivity contribution in [2.24, 2.45) is 0 Å². The lowest BCUT2D eigenvalue weighted by molar-refractivity contribution is -0.0209. The van der Waals surface area contributed by atoms with Crippen LogP contribution in [0.25, 0.3) is 0 Å². The molecule has 1 rings (SSSR count). The largest absolute Gasteiger partial charge is 0.381 e. The summed E-state index contributed by atoms with van der Waals surface area (Å²) < 4.78 is 18.7. The van der Waals surface area contributed by atoms with Crippen molar-refractivity contribution in [1.29, 1.82) is 0 Å². The van der Waals surface area contributed by atoms with Gasteiger partial charge in [0, 0.05) is 6.61 Å². The SMILES string of the molecule is CCOC(C)(C)c1nc(C)c(F)c(N)n1. The van der Waals surface area contributed by atoms with Gasteiger partial charge < -0.3 is 10.5 Å². The first-order chi connectivity index (χ1) is 6.88. The predicted octanol–water partition coefficient (Wildman–Crippen LogP) is 1.78. The van der Waals surface area contributed by atoms with Crippen LogP contribution in [0.5, 0.6) is 0 Å². The van der Waals surface area contributed by atoms with E-state index < -0.39 is 11.4 Å². The molecule has 1 heterocycles. The van der Waals surface area contributed by atoms with Gasteiger partial charge in [-0.05, 0) is 27.7 Å². The van der Waals surface area contributed by atoms with Gasteiger partial charge in [-0.25, -0.2) is 14.4 Å². The fourth-order valence-electron chi connectivity index (χ4n) is 1.28. The van der Waals surface area contributed by atoms with Crippen LogP contribution < -0.4 is 5.73 Å². The number of rotatable bonds is 3. The van der Waals surface area contributed by atoms with Gasteiger partial charge in [-0.15, -0.1) is 0 Å². The van der Waals surface area contributed by atoms with Crippen LogP contribution in [0, 0.1) is 12.7 Å². The van der Waals surface area contributed by atoms with Crippen LogP contribution >= 0.6 is 0 Å². The van der Waals surface area contributed by atoms with Gasteiger partial charge in [0.1, 0.15) is 5.60 Å². The molecule has 1 aromatic heterocycles. The molecule has 2 N–H and O–H groups in total. The first kappa shape index (κ1) is 11.8. The van der Waals surface area contributed by atoms with Gasteiger partial charge in [0.25, 0.3) is 0 Å². The van der Waals surface area contributed by atoms with E-state index in [0.29, 0.717) is 12.4 Å². The Hall–Kier alpha value is -1.23. The van der Waals surface area contributed by atoms with Crippen molar-refractivity contribution in [2.45, 2.75) is 33.3 Å². The van der Waals surface area contributed by atoms with Crippen molar-refractivity contribution in [3.63, 3.8) is 0 Å². The zero-order chi connectivity index (χ0) is 11.6. The Labute approximate surface area is 88.7 Å². The maximum Gasteiger partial charge on any atom is 0.186 e. The van der Waals surface area contributed by atoms with Gasteiger partial charge in [-0.3, -0.25) is 0 Å². The van der Waals surface area contributed by atoms with E-state index in [1.54, 1.807) is 6.92 Å². The Kier molecular flexibility index (Phi) is 3.24. The van der Waals surface area contributed by atoms with Crippen molar-refractivity contribution in [1.82, 2.24) is 9.97 Å². The number of anilines is 1. The lowest BCUT2D eigenvalue weighted by Gasteiger charge is -2.23. The van der Waals surface area contributed by atoms with Crippen LogP contribution in [-0.2, 0) is 10.3 Å². The monoisotopic (exact) mass is 213 g/mol. The first-order valence-corrected chi connectivity index (χ1v) is 4.82. The summed E-state index contributed by atoms with van der Waals surface area (Å²) in [6.45, 7) is 7.61. The van der Waals surface area contributed by atoms with E-state index in [1.165, 1.54) is 0 Å². The fraction of sp³-hybridized carbons (Fsp3) is 0.600. The summed E-state index contributed by atoms with van der Waals surface area (Å²) >= 11 is 0. The molecule has 1 aromatic rings. The lowest BCUT2D eigenvalue weighted by atomic mass is 10.1. The number of nitrogens with zero attached hydrogens (tertiary/aromatic N) is 2. The minimum atomic E-state index is -0.651.